The predicted octanol–water partition coefficient (Wildman–Crippen LogP) is 5.29. The third-order valence-electron chi connectivity index (χ3n) is 4.20. The van der Waals surface area contributed by atoms with Crippen LogP contribution in [0.5, 0.6) is 0 Å². The summed E-state index contributed by atoms with van der Waals surface area (Å²) < 4.78 is 0. The van der Waals surface area contributed by atoms with Gasteiger partial charge in [-0.2, -0.15) is 0 Å². The summed E-state index contributed by atoms with van der Waals surface area (Å²) in [7, 11) is 2.17. The first-order chi connectivity index (χ1) is 11.2. The molecule has 0 atom stereocenters. The molecule has 0 aliphatic heterocycles. The Labute approximate surface area is 138 Å². The predicted molar refractivity (Wildman–Crippen MR) is 100 cm³/mol. The van der Waals surface area contributed by atoms with Gasteiger partial charge >= 0.3 is 0 Å². The van der Waals surface area contributed by atoms with Crippen molar-refractivity contribution < 1.29 is 0 Å². The Morgan fingerprint density at radius 2 is 1.52 bits per heavy atom. The molecule has 0 bridgehead atoms. The Bertz CT molecular complexity index is 803. The molecule has 23 heavy (non-hydrogen) atoms. The van der Waals surface area contributed by atoms with Crippen molar-refractivity contribution in [3.8, 4) is 0 Å². The molecule has 0 unspecified atom stereocenters. The smallest absolute Gasteiger partial charge is 0.0240 e. The fourth-order valence-electron chi connectivity index (χ4n) is 2.94. The van der Waals surface area contributed by atoms with E-state index in [1.807, 2.05) is 6.07 Å². The van der Waals surface area contributed by atoms with E-state index in [-0.39, 0.29) is 0 Å². The maximum Gasteiger partial charge on any atom is 0.0240 e. The van der Waals surface area contributed by atoms with Crippen LogP contribution in [0, 0.1) is 6.92 Å². The van der Waals surface area contributed by atoms with E-state index in [0.29, 0.717) is 0 Å². The van der Waals surface area contributed by atoms with Gasteiger partial charge in [-0.15, -0.1) is 0 Å². The Morgan fingerprint density at radius 1 is 0.826 bits per heavy atom. The molecule has 3 rings (SSSR count). The number of benzene rings is 3. The van der Waals surface area contributed by atoms with Crippen LogP contribution in [0.1, 0.15) is 16.7 Å². The Morgan fingerprint density at radius 3 is 2.30 bits per heavy atom. The van der Waals surface area contributed by atoms with Gasteiger partial charge in [0.25, 0.3) is 0 Å². The van der Waals surface area contributed by atoms with Crippen LogP contribution in [0.25, 0.3) is 16.8 Å². The van der Waals surface area contributed by atoms with Crippen molar-refractivity contribution in [3.05, 3.63) is 89.5 Å². The molecule has 0 fully saturated rings. The molecule has 0 saturated heterocycles. The second kappa shape index (κ2) is 7.26. The molecule has 3 aromatic rings. The third-order valence-corrected chi connectivity index (χ3v) is 4.20. The highest BCUT2D eigenvalue weighted by Crippen LogP contribution is 2.23. The highest BCUT2D eigenvalue weighted by Gasteiger charge is 2.05. The first-order valence-electron chi connectivity index (χ1n) is 8.11. The molecule has 0 spiro atoms. The van der Waals surface area contributed by atoms with Crippen molar-refractivity contribution in [2.75, 3.05) is 13.6 Å². The van der Waals surface area contributed by atoms with Crippen molar-refractivity contribution in [1.82, 2.24) is 4.90 Å². The zero-order valence-corrected chi connectivity index (χ0v) is 13.9. The van der Waals surface area contributed by atoms with E-state index in [1.165, 1.54) is 27.5 Å². The number of aryl methyl sites for hydroxylation is 1. The van der Waals surface area contributed by atoms with Crippen LogP contribution in [-0.2, 0) is 6.54 Å². The molecule has 1 nitrogen and oxygen atoms in total. The summed E-state index contributed by atoms with van der Waals surface area (Å²) >= 11 is 0. The Kier molecular flexibility index (Phi) is 4.89. The molecule has 0 aromatic heterocycles. The van der Waals surface area contributed by atoms with Gasteiger partial charge in [0.1, 0.15) is 0 Å². The highest BCUT2D eigenvalue weighted by atomic mass is 15.1. The third kappa shape index (κ3) is 3.88. The molecule has 116 valence electrons. The average molecular weight is 301 g/mol. The Balaban J connectivity index is 1.70. The van der Waals surface area contributed by atoms with E-state index in [2.05, 4.69) is 91.7 Å². The molecule has 0 aliphatic carbocycles. The molecule has 1 heteroatoms. The van der Waals surface area contributed by atoms with Crippen LogP contribution in [0.2, 0.25) is 0 Å². The monoisotopic (exact) mass is 301 g/mol. The van der Waals surface area contributed by atoms with Crippen LogP contribution < -0.4 is 0 Å². The van der Waals surface area contributed by atoms with Crippen LogP contribution in [0.4, 0.5) is 0 Å². The van der Waals surface area contributed by atoms with Gasteiger partial charge in [-0.05, 0) is 41.4 Å². The van der Waals surface area contributed by atoms with Gasteiger partial charge in [-0.25, -0.2) is 0 Å². The first-order valence-corrected chi connectivity index (χ1v) is 8.11. The standard InChI is InChI=1S/C22H23N/c1-18-14-15-20(22-13-7-6-12-21(18)22)17-23(2)16-8-11-19-9-4-3-5-10-19/h3-15H,16-17H2,1-2H3/b11-8+. The van der Waals surface area contributed by atoms with E-state index in [1.54, 1.807) is 0 Å². The van der Waals surface area contributed by atoms with Crippen molar-refractivity contribution >= 4 is 16.8 Å². The summed E-state index contributed by atoms with van der Waals surface area (Å²) in [6.45, 7) is 4.08. The first kappa shape index (κ1) is 15.5. The van der Waals surface area contributed by atoms with Gasteiger partial charge in [0.15, 0.2) is 0 Å². The normalized spacial score (nSPS) is 11.6. The topological polar surface area (TPSA) is 3.24 Å². The molecule has 0 amide bonds. The van der Waals surface area contributed by atoms with Gasteiger partial charge in [0.2, 0.25) is 0 Å². The molecular weight excluding hydrogens is 278 g/mol. The maximum absolute atomic E-state index is 2.34. The molecule has 0 radical (unpaired) electrons. The summed E-state index contributed by atoms with van der Waals surface area (Å²) in [5.74, 6) is 0. The highest BCUT2D eigenvalue weighted by molar-refractivity contribution is 5.88. The summed E-state index contributed by atoms with van der Waals surface area (Å²) in [5, 5.41) is 2.73. The van der Waals surface area contributed by atoms with Crippen molar-refractivity contribution in [2.45, 2.75) is 13.5 Å². The lowest BCUT2D eigenvalue weighted by molar-refractivity contribution is 0.365. The van der Waals surface area contributed by atoms with Gasteiger partial charge in [-0.3, -0.25) is 4.90 Å². The second-order valence-electron chi connectivity index (χ2n) is 6.10. The zero-order valence-electron chi connectivity index (χ0n) is 13.9. The fraction of sp³-hybridized carbons (Fsp3) is 0.182. The van der Waals surface area contributed by atoms with Crippen LogP contribution in [0.3, 0.4) is 0 Å². The van der Waals surface area contributed by atoms with E-state index in [0.717, 1.165) is 13.1 Å². The lowest BCUT2D eigenvalue weighted by atomic mass is 10.00. The van der Waals surface area contributed by atoms with E-state index >= 15 is 0 Å². The molecule has 3 aromatic carbocycles. The lowest BCUT2D eigenvalue weighted by Gasteiger charge is -2.17. The van der Waals surface area contributed by atoms with Crippen molar-refractivity contribution in [1.29, 1.82) is 0 Å². The maximum atomic E-state index is 2.34. The minimum Gasteiger partial charge on any atom is -0.298 e. The summed E-state index contributed by atoms with van der Waals surface area (Å²) in [5.41, 5.74) is 3.99. The fourth-order valence-corrected chi connectivity index (χ4v) is 2.94. The second-order valence-corrected chi connectivity index (χ2v) is 6.10. The number of hydrogen-bond acceptors (Lipinski definition) is 1. The summed E-state index contributed by atoms with van der Waals surface area (Å²) in [6, 6.07) is 23.6. The van der Waals surface area contributed by atoms with Gasteiger partial charge < -0.3 is 0 Å². The average Bonchev–Trinajstić information content (AvgIpc) is 2.59. The molecule has 0 heterocycles. The molecule has 0 aliphatic rings. The number of rotatable bonds is 5. The van der Waals surface area contributed by atoms with Crippen molar-refractivity contribution in [2.24, 2.45) is 0 Å². The molecular formula is C22H23N. The van der Waals surface area contributed by atoms with E-state index in [9.17, 15) is 0 Å². The molecule has 0 N–H and O–H groups in total. The minimum absolute atomic E-state index is 0.942. The van der Waals surface area contributed by atoms with E-state index < -0.39 is 0 Å². The number of hydrogen-bond donors (Lipinski definition) is 0. The molecule has 0 saturated carbocycles. The summed E-state index contributed by atoms with van der Waals surface area (Å²) in [6.07, 6.45) is 4.41. The van der Waals surface area contributed by atoms with Gasteiger partial charge in [-0.1, -0.05) is 78.9 Å². The van der Waals surface area contributed by atoms with Crippen LogP contribution in [-0.4, -0.2) is 18.5 Å². The Hall–Kier alpha value is -2.38. The largest absolute Gasteiger partial charge is 0.298 e. The summed E-state index contributed by atoms with van der Waals surface area (Å²) in [4.78, 5) is 2.34. The van der Waals surface area contributed by atoms with Crippen LogP contribution in [0.15, 0.2) is 72.8 Å². The minimum atomic E-state index is 0.942. The van der Waals surface area contributed by atoms with Crippen LogP contribution >= 0.6 is 0 Å². The lowest BCUT2D eigenvalue weighted by Crippen LogP contribution is -2.17. The van der Waals surface area contributed by atoms with E-state index in [4.69, 9.17) is 0 Å². The number of fused-ring (bicyclic) bond motifs is 1. The van der Waals surface area contributed by atoms with Gasteiger partial charge in [0.05, 0.1) is 0 Å². The van der Waals surface area contributed by atoms with Gasteiger partial charge in [0, 0.05) is 13.1 Å². The quantitative estimate of drug-likeness (QED) is 0.618. The zero-order chi connectivity index (χ0) is 16.1. The number of likely N-dealkylation sites (N-methyl/N-ethyl adjacent to an activating group) is 1. The SMILES string of the molecule is Cc1ccc(CN(C)C/C=C/c2ccccc2)c2ccccc12. The number of nitrogens with zero attached hydrogens (tertiary/aromatic N) is 1. The van der Waals surface area contributed by atoms with Crippen molar-refractivity contribution in [3.63, 3.8) is 0 Å².